The second-order valence-electron chi connectivity index (χ2n) is 9.57. The lowest BCUT2D eigenvalue weighted by Crippen LogP contribution is -2.39. The number of aromatic nitrogens is 1. The maximum atomic E-state index is 13.5. The van der Waals surface area contributed by atoms with Gasteiger partial charge in [0.2, 0.25) is 0 Å². The molecule has 0 saturated carbocycles. The second-order valence-corrected chi connectivity index (χ2v) is 9.98. The quantitative estimate of drug-likeness (QED) is 0.459. The average molecular weight is 481 g/mol. The maximum absolute atomic E-state index is 13.5. The van der Waals surface area contributed by atoms with Crippen LogP contribution >= 0.6 is 11.6 Å². The van der Waals surface area contributed by atoms with Crippen molar-refractivity contribution in [3.05, 3.63) is 85.3 Å². The van der Waals surface area contributed by atoms with E-state index in [4.69, 9.17) is 11.6 Å². The number of benzene rings is 1. The normalized spacial score (nSPS) is 19.4. The van der Waals surface area contributed by atoms with E-state index in [0.29, 0.717) is 41.1 Å². The van der Waals surface area contributed by atoms with Gasteiger partial charge in [-0.05, 0) is 48.9 Å². The Bertz CT molecular complexity index is 1280. The molecule has 2 heterocycles. The zero-order valence-electron chi connectivity index (χ0n) is 19.4. The number of dihydropyridines is 1. The number of halogens is 1. The molecule has 0 saturated heterocycles. The molecule has 0 fully saturated rings. The molecule has 34 heavy (non-hydrogen) atoms. The van der Waals surface area contributed by atoms with Gasteiger partial charge in [0.05, 0.1) is 4.92 Å². The van der Waals surface area contributed by atoms with Gasteiger partial charge in [-0.3, -0.25) is 19.7 Å². The predicted molar refractivity (Wildman–Crippen MR) is 129 cm³/mol. The van der Waals surface area contributed by atoms with Crippen molar-refractivity contribution < 1.29 is 14.5 Å². The molecule has 9 heteroatoms. The smallest absolute Gasteiger partial charge is 0.288 e. The number of rotatable bonds is 4. The van der Waals surface area contributed by atoms with Crippen molar-refractivity contribution in [2.75, 3.05) is 5.32 Å². The van der Waals surface area contributed by atoms with Crippen LogP contribution < -0.4 is 10.6 Å². The van der Waals surface area contributed by atoms with Crippen molar-refractivity contribution in [3.63, 3.8) is 0 Å². The molecule has 0 bridgehead atoms. The monoisotopic (exact) mass is 480 g/mol. The summed E-state index contributed by atoms with van der Waals surface area (Å²) in [4.78, 5) is 42.1. The van der Waals surface area contributed by atoms with Crippen molar-refractivity contribution in [1.82, 2.24) is 10.3 Å². The third-order valence-electron chi connectivity index (χ3n) is 6.14. The van der Waals surface area contributed by atoms with Crippen LogP contribution in [0.4, 0.5) is 11.5 Å². The molecule has 2 aliphatic rings. The fraction of sp³-hybridized carbons (Fsp3) is 0.320. The molecule has 1 atom stereocenters. The van der Waals surface area contributed by atoms with Gasteiger partial charge in [-0.1, -0.05) is 37.6 Å². The lowest BCUT2D eigenvalue weighted by molar-refractivity contribution is -0.384. The first-order chi connectivity index (χ1) is 16.0. The van der Waals surface area contributed by atoms with Crippen LogP contribution in [0, 0.1) is 22.5 Å². The number of aryl methyl sites for hydroxylation is 1. The molecule has 0 radical (unpaired) electrons. The summed E-state index contributed by atoms with van der Waals surface area (Å²) in [7, 11) is 0. The highest BCUT2D eigenvalue weighted by molar-refractivity contribution is 6.32. The molecular formula is C25H25ClN4O4. The van der Waals surface area contributed by atoms with E-state index in [1.807, 2.05) is 26.8 Å². The fourth-order valence-corrected chi connectivity index (χ4v) is 4.83. The van der Waals surface area contributed by atoms with Crippen LogP contribution in [0.1, 0.15) is 50.7 Å². The number of carbonyl (C=O) groups excluding carboxylic acids is 2. The first kappa shape index (κ1) is 23.6. The topological polar surface area (TPSA) is 114 Å². The summed E-state index contributed by atoms with van der Waals surface area (Å²) in [6.45, 7) is 7.69. The second kappa shape index (κ2) is 8.68. The first-order valence-electron chi connectivity index (χ1n) is 10.9. The van der Waals surface area contributed by atoms with Gasteiger partial charge >= 0.3 is 0 Å². The summed E-state index contributed by atoms with van der Waals surface area (Å²) in [5.74, 6) is -0.936. The fourth-order valence-electron chi connectivity index (χ4n) is 4.64. The number of carbonyl (C=O) groups is 2. The number of pyridine rings is 1. The standard InChI is InChI=1S/C25H25ClN4O4/c1-13-5-8-20(27-12-13)29-24(32)21-14(2)28-17-10-25(3,4)11-19(31)23(17)22(21)15-6-7-16(26)18(9-15)30(33)34/h5-9,12,22,28H,10-11H2,1-4H3,(H,27,29,32). The third-order valence-corrected chi connectivity index (χ3v) is 6.46. The van der Waals surface area contributed by atoms with E-state index in [1.54, 1.807) is 25.3 Å². The van der Waals surface area contributed by atoms with E-state index in [2.05, 4.69) is 15.6 Å². The highest BCUT2D eigenvalue weighted by Crippen LogP contribution is 2.47. The van der Waals surface area contributed by atoms with Crippen molar-refractivity contribution in [2.45, 2.75) is 46.5 Å². The molecule has 1 aliphatic heterocycles. The number of Topliss-reactive ketones (excluding diaryl/α,β-unsaturated/α-hetero) is 1. The zero-order valence-corrected chi connectivity index (χ0v) is 20.1. The summed E-state index contributed by atoms with van der Waals surface area (Å²) in [6, 6.07) is 7.94. The lowest BCUT2D eigenvalue weighted by Gasteiger charge is -2.39. The number of hydrogen-bond donors (Lipinski definition) is 2. The minimum atomic E-state index is -0.777. The van der Waals surface area contributed by atoms with Gasteiger partial charge in [0.1, 0.15) is 10.8 Å². The summed E-state index contributed by atoms with van der Waals surface area (Å²) in [6.07, 6.45) is 2.57. The van der Waals surface area contributed by atoms with Gasteiger partial charge in [0.15, 0.2) is 5.78 Å². The lowest BCUT2D eigenvalue weighted by atomic mass is 9.68. The van der Waals surface area contributed by atoms with E-state index >= 15 is 0 Å². The van der Waals surface area contributed by atoms with E-state index in [1.165, 1.54) is 12.1 Å². The molecular weight excluding hydrogens is 456 g/mol. The molecule has 176 valence electrons. The van der Waals surface area contributed by atoms with E-state index in [0.717, 1.165) is 11.3 Å². The van der Waals surface area contributed by atoms with E-state index < -0.39 is 16.7 Å². The Hall–Kier alpha value is -3.52. The van der Waals surface area contributed by atoms with Crippen molar-refractivity contribution in [1.29, 1.82) is 0 Å². The van der Waals surface area contributed by atoms with Crippen molar-refractivity contribution in [3.8, 4) is 0 Å². The summed E-state index contributed by atoms with van der Waals surface area (Å²) < 4.78 is 0. The Morgan fingerprint density at radius 2 is 1.97 bits per heavy atom. The van der Waals surface area contributed by atoms with Gasteiger partial charge in [-0.25, -0.2) is 4.98 Å². The Balaban J connectivity index is 1.85. The summed E-state index contributed by atoms with van der Waals surface area (Å²) in [5.41, 5.74) is 2.98. The average Bonchev–Trinajstić information content (AvgIpc) is 2.73. The molecule has 2 aromatic rings. The van der Waals surface area contributed by atoms with Crippen molar-refractivity contribution in [2.24, 2.45) is 5.41 Å². The van der Waals surface area contributed by atoms with Gasteiger partial charge < -0.3 is 10.6 Å². The summed E-state index contributed by atoms with van der Waals surface area (Å²) in [5, 5.41) is 17.6. The number of nitrogens with zero attached hydrogens (tertiary/aromatic N) is 2. The van der Waals surface area contributed by atoms with Gasteiger partial charge in [-0.2, -0.15) is 0 Å². The van der Waals surface area contributed by atoms with Crippen LogP contribution in [-0.4, -0.2) is 21.6 Å². The van der Waals surface area contributed by atoms with Crippen LogP contribution in [0.15, 0.2) is 59.1 Å². The Morgan fingerprint density at radius 1 is 1.24 bits per heavy atom. The molecule has 1 aromatic heterocycles. The van der Waals surface area contributed by atoms with Crippen molar-refractivity contribution >= 4 is 34.8 Å². The SMILES string of the molecule is CC1=C(C(=O)Nc2ccc(C)cn2)C(c2ccc(Cl)c([N+](=O)[O-])c2)C2=C(CC(C)(C)CC2=O)N1. The van der Waals surface area contributed by atoms with Crippen LogP contribution in [0.25, 0.3) is 0 Å². The number of allylic oxidation sites excluding steroid dienone is 3. The Labute approximate surface area is 202 Å². The summed E-state index contributed by atoms with van der Waals surface area (Å²) >= 11 is 6.05. The first-order valence-corrected chi connectivity index (χ1v) is 11.3. The number of nitrogens with one attached hydrogen (secondary N) is 2. The zero-order chi connectivity index (χ0) is 24.8. The highest BCUT2D eigenvalue weighted by Gasteiger charge is 2.43. The number of nitro groups is 1. The molecule has 1 aliphatic carbocycles. The van der Waals surface area contributed by atoms with Crippen LogP contribution in [0.5, 0.6) is 0 Å². The van der Waals surface area contributed by atoms with Gasteiger partial charge in [0.25, 0.3) is 11.6 Å². The van der Waals surface area contributed by atoms with Gasteiger partial charge in [-0.15, -0.1) is 0 Å². The maximum Gasteiger partial charge on any atom is 0.288 e. The van der Waals surface area contributed by atoms with Crippen LogP contribution in [0.3, 0.4) is 0 Å². The number of hydrogen-bond acceptors (Lipinski definition) is 6. The van der Waals surface area contributed by atoms with Gasteiger partial charge in [0, 0.05) is 47.1 Å². The Morgan fingerprint density at radius 3 is 2.62 bits per heavy atom. The predicted octanol–water partition coefficient (Wildman–Crippen LogP) is 5.19. The molecule has 8 nitrogen and oxygen atoms in total. The number of anilines is 1. The molecule has 4 rings (SSSR count). The number of amides is 1. The molecule has 2 N–H and O–H groups in total. The molecule has 0 spiro atoms. The Kier molecular flexibility index (Phi) is 6.03. The van der Waals surface area contributed by atoms with Crippen LogP contribution in [0.2, 0.25) is 5.02 Å². The molecule has 1 amide bonds. The van der Waals surface area contributed by atoms with E-state index in [9.17, 15) is 19.7 Å². The number of ketones is 1. The highest BCUT2D eigenvalue weighted by atomic mass is 35.5. The number of nitro benzene ring substituents is 1. The molecule has 1 unspecified atom stereocenters. The largest absolute Gasteiger partial charge is 0.362 e. The molecule has 1 aromatic carbocycles. The third kappa shape index (κ3) is 4.46. The minimum Gasteiger partial charge on any atom is -0.362 e. The van der Waals surface area contributed by atoms with Crippen LogP contribution in [-0.2, 0) is 9.59 Å². The van der Waals surface area contributed by atoms with E-state index in [-0.39, 0.29) is 21.9 Å². The minimum absolute atomic E-state index is 0.0106.